The van der Waals surface area contributed by atoms with E-state index in [2.05, 4.69) is 0 Å². The third-order valence-electron chi connectivity index (χ3n) is 1.90. The van der Waals surface area contributed by atoms with Gasteiger partial charge in [-0.25, -0.2) is 0 Å². The number of benzene rings is 1. The third-order valence-corrected chi connectivity index (χ3v) is 1.90. The van der Waals surface area contributed by atoms with Crippen LogP contribution in [-0.2, 0) is 16.0 Å². The molecule has 1 aromatic rings. The van der Waals surface area contributed by atoms with Crippen LogP contribution in [0.4, 0.5) is 0 Å². The molecule has 0 saturated carbocycles. The molecule has 15 heavy (non-hydrogen) atoms. The predicted octanol–water partition coefficient (Wildman–Crippen LogP) is -3.30. The van der Waals surface area contributed by atoms with E-state index >= 15 is 0 Å². The molecule has 0 saturated heterocycles. The molecule has 0 spiro atoms. The molecule has 76 valence electrons. The van der Waals surface area contributed by atoms with E-state index in [1.54, 1.807) is 12.1 Å². The Labute approximate surface area is 110 Å². The topological polar surface area (TPSA) is 69.6 Å². The van der Waals surface area contributed by atoms with Gasteiger partial charge in [0, 0.05) is 13.5 Å². The molecule has 0 unspecified atom stereocenters. The quantitative estimate of drug-likeness (QED) is 0.538. The van der Waals surface area contributed by atoms with Crippen LogP contribution in [0.5, 0.6) is 5.75 Å². The zero-order valence-corrected chi connectivity index (χ0v) is 10.8. The first-order valence-corrected chi connectivity index (χ1v) is 4.15. The van der Waals surface area contributed by atoms with Crippen molar-refractivity contribution in [2.45, 2.75) is 12.5 Å². The molecule has 0 aliphatic rings. The Bertz CT molecular complexity index is 310. The number of rotatable bonds is 4. The van der Waals surface area contributed by atoms with Gasteiger partial charge in [-0.2, -0.15) is 0 Å². The third kappa shape index (κ3) is 4.66. The number of aliphatic carboxylic acids is 1. The second kappa shape index (κ2) is 6.85. The van der Waals surface area contributed by atoms with Gasteiger partial charge in [0.25, 0.3) is 0 Å². The van der Waals surface area contributed by atoms with Crippen LogP contribution in [0, 0.1) is 0 Å². The molecule has 0 heterocycles. The monoisotopic (exact) mass is 218 g/mol. The first kappa shape index (κ1) is 14.5. The van der Waals surface area contributed by atoms with E-state index in [0.29, 0.717) is 0 Å². The number of ether oxygens (including phenoxy) is 1. The Balaban J connectivity index is 0.00000196. The maximum absolute atomic E-state index is 10.5. The fraction of sp³-hybridized carbons (Fsp3) is 0.300. The number of phenols is 1. The SMILES string of the molecule is CO[C@H](Cc1ccc(O)cc1)C(=O)[O-].[Na+]. The minimum Gasteiger partial charge on any atom is -0.547 e. The normalized spacial score (nSPS) is 11.5. The van der Waals surface area contributed by atoms with E-state index in [1.807, 2.05) is 0 Å². The van der Waals surface area contributed by atoms with E-state index in [4.69, 9.17) is 9.84 Å². The van der Waals surface area contributed by atoms with Crippen LogP contribution in [0.1, 0.15) is 5.56 Å². The van der Waals surface area contributed by atoms with E-state index in [-0.39, 0.29) is 41.7 Å². The van der Waals surface area contributed by atoms with Gasteiger partial charge in [-0.05, 0) is 17.7 Å². The van der Waals surface area contributed by atoms with Crippen LogP contribution in [0.15, 0.2) is 24.3 Å². The van der Waals surface area contributed by atoms with Crippen LogP contribution >= 0.6 is 0 Å². The molecule has 1 rings (SSSR count). The summed E-state index contributed by atoms with van der Waals surface area (Å²) >= 11 is 0. The van der Waals surface area contributed by atoms with E-state index in [9.17, 15) is 9.90 Å². The van der Waals surface area contributed by atoms with Crippen molar-refractivity contribution in [1.82, 2.24) is 0 Å². The standard InChI is InChI=1S/C10H12O4.Na/c1-14-9(10(12)13)6-7-2-4-8(11)5-3-7;/h2-5,9,11H,6H2,1H3,(H,12,13);/q;+1/p-1/t9-;/m1./s1. The molecule has 0 aliphatic carbocycles. The fourth-order valence-corrected chi connectivity index (χ4v) is 1.11. The molecular formula is C10H11NaO4. The molecule has 1 N–H and O–H groups in total. The first-order chi connectivity index (χ1) is 6.63. The van der Waals surface area contributed by atoms with Gasteiger partial charge in [0.05, 0.1) is 5.97 Å². The molecule has 0 aromatic heterocycles. The number of carbonyl (C=O) groups excluding carboxylic acids is 1. The molecule has 5 heteroatoms. The summed E-state index contributed by atoms with van der Waals surface area (Å²) < 4.78 is 4.72. The Morgan fingerprint density at radius 2 is 2.00 bits per heavy atom. The van der Waals surface area contributed by atoms with Crippen molar-refractivity contribution in [3.05, 3.63) is 29.8 Å². The Hall–Kier alpha value is -0.550. The molecule has 1 atom stereocenters. The van der Waals surface area contributed by atoms with Crippen LogP contribution in [0.2, 0.25) is 0 Å². The number of hydrogen-bond acceptors (Lipinski definition) is 4. The number of carboxylic acid groups (broad SMARTS) is 1. The smallest absolute Gasteiger partial charge is 0.547 e. The molecule has 4 nitrogen and oxygen atoms in total. The first-order valence-electron chi connectivity index (χ1n) is 4.15. The minimum atomic E-state index is -1.24. The van der Waals surface area contributed by atoms with E-state index < -0.39 is 12.1 Å². The number of aromatic hydroxyl groups is 1. The van der Waals surface area contributed by atoms with E-state index in [1.165, 1.54) is 19.2 Å². The predicted molar refractivity (Wildman–Crippen MR) is 47.6 cm³/mol. The summed E-state index contributed by atoms with van der Waals surface area (Å²) in [5.74, 6) is -1.09. The van der Waals surface area contributed by atoms with Gasteiger partial charge in [0.1, 0.15) is 11.9 Å². The Morgan fingerprint density at radius 1 is 1.47 bits per heavy atom. The summed E-state index contributed by atoms with van der Waals surface area (Å²) in [5.41, 5.74) is 0.777. The molecule has 0 amide bonds. The molecule has 0 radical (unpaired) electrons. The average Bonchev–Trinajstić information content (AvgIpc) is 2.16. The number of carbonyl (C=O) groups is 1. The van der Waals surface area contributed by atoms with Crippen LogP contribution < -0.4 is 34.7 Å². The van der Waals surface area contributed by atoms with Gasteiger partial charge >= 0.3 is 29.6 Å². The fourth-order valence-electron chi connectivity index (χ4n) is 1.11. The molecule has 0 aliphatic heterocycles. The summed E-state index contributed by atoms with van der Waals surface area (Å²) in [6.45, 7) is 0. The number of carboxylic acids is 1. The number of hydrogen-bond donors (Lipinski definition) is 1. The van der Waals surface area contributed by atoms with Crippen molar-refractivity contribution >= 4 is 5.97 Å². The molecule has 0 bridgehead atoms. The zero-order valence-electron chi connectivity index (χ0n) is 8.77. The average molecular weight is 218 g/mol. The Kier molecular flexibility index (Phi) is 6.60. The summed E-state index contributed by atoms with van der Waals surface area (Å²) in [7, 11) is 1.32. The van der Waals surface area contributed by atoms with Gasteiger partial charge in [-0.1, -0.05) is 12.1 Å². The van der Waals surface area contributed by atoms with Crippen LogP contribution in [-0.4, -0.2) is 24.3 Å². The van der Waals surface area contributed by atoms with Crippen molar-refractivity contribution in [3.8, 4) is 5.75 Å². The largest absolute Gasteiger partial charge is 1.00 e. The van der Waals surface area contributed by atoms with Crippen molar-refractivity contribution in [3.63, 3.8) is 0 Å². The maximum atomic E-state index is 10.5. The summed E-state index contributed by atoms with van der Waals surface area (Å²) in [6, 6.07) is 6.28. The Morgan fingerprint density at radius 3 is 2.40 bits per heavy atom. The zero-order chi connectivity index (χ0) is 10.6. The summed E-state index contributed by atoms with van der Waals surface area (Å²) in [6.07, 6.45) is -0.710. The van der Waals surface area contributed by atoms with Crippen molar-refractivity contribution in [1.29, 1.82) is 0 Å². The van der Waals surface area contributed by atoms with Crippen LogP contribution in [0.3, 0.4) is 0 Å². The summed E-state index contributed by atoms with van der Waals surface area (Å²) in [4.78, 5) is 10.5. The second-order valence-corrected chi connectivity index (χ2v) is 2.91. The van der Waals surface area contributed by atoms with Gasteiger partial charge in [-0.15, -0.1) is 0 Å². The van der Waals surface area contributed by atoms with Gasteiger partial charge in [-0.3, -0.25) is 0 Å². The van der Waals surface area contributed by atoms with Gasteiger partial charge < -0.3 is 19.7 Å². The summed E-state index contributed by atoms with van der Waals surface area (Å²) in [5, 5.41) is 19.5. The number of methoxy groups -OCH3 is 1. The molecule has 1 aromatic carbocycles. The van der Waals surface area contributed by atoms with Crippen molar-refractivity contribution in [2.24, 2.45) is 0 Å². The maximum Gasteiger partial charge on any atom is 1.00 e. The van der Waals surface area contributed by atoms with Crippen molar-refractivity contribution in [2.75, 3.05) is 7.11 Å². The molecule has 0 fully saturated rings. The van der Waals surface area contributed by atoms with Crippen molar-refractivity contribution < 1.29 is 49.3 Å². The second-order valence-electron chi connectivity index (χ2n) is 2.91. The number of phenolic OH excluding ortho intramolecular Hbond substituents is 1. The molecular weight excluding hydrogens is 207 g/mol. The minimum absolute atomic E-state index is 0. The van der Waals surface area contributed by atoms with Gasteiger partial charge in [0.2, 0.25) is 0 Å². The van der Waals surface area contributed by atoms with Gasteiger partial charge in [0.15, 0.2) is 0 Å². The van der Waals surface area contributed by atoms with Crippen LogP contribution in [0.25, 0.3) is 0 Å². The van der Waals surface area contributed by atoms with E-state index in [0.717, 1.165) is 5.56 Å².